The van der Waals surface area contributed by atoms with E-state index < -0.39 is 5.97 Å². The summed E-state index contributed by atoms with van der Waals surface area (Å²) >= 11 is 11.8. The molecule has 1 amide bonds. The Bertz CT molecular complexity index is 839. The number of halogens is 2. The first-order chi connectivity index (χ1) is 12.4. The number of amides is 1. The monoisotopic (exact) mass is 397 g/mol. The first-order valence-electron chi connectivity index (χ1n) is 7.47. The zero-order chi connectivity index (χ0) is 19.3. The van der Waals surface area contributed by atoms with E-state index >= 15 is 0 Å². The fourth-order valence-electron chi connectivity index (χ4n) is 2.29. The molecule has 0 spiro atoms. The molecule has 2 rings (SSSR count). The van der Waals surface area contributed by atoms with Crippen LogP contribution in [0.5, 0.6) is 11.5 Å². The SMILES string of the molecule is COC(=O)c1cc(OC)c(OC)cc1NC(=O)Cc1ccc(Cl)c(Cl)c1. The fourth-order valence-corrected chi connectivity index (χ4v) is 2.61. The second kappa shape index (κ2) is 8.78. The number of hydrogen-bond acceptors (Lipinski definition) is 5. The van der Waals surface area contributed by atoms with E-state index in [2.05, 4.69) is 5.32 Å². The Labute approximate surface area is 160 Å². The Kier molecular flexibility index (Phi) is 6.71. The molecule has 0 atom stereocenters. The van der Waals surface area contributed by atoms with Gasteiger partial charge in [0.2, 0.25) is 5.91 Å². The van der Waals surface area contributed by atoms with Crippen molar-refractivity contribution in [2.75, 3.05) is 26.6 Å². The molecule has 0 saturated carbocycles. The van der Waals surface area contributed by atoms with Crippen molar-refractivity contribution in [2.24, 2.45) is 0 Å². The van der Waals surface area contributed by atoms with Crippen molar-refractivity contribution < 1.29 is 23.8 Å². The van der Waals surface area contributed by atoms with E-state index in [4.69, 9.17) is 37.4 Å². The van der Waals surface area contributed by atoms with Gasteiger partial charge in [-0.1, -0.05) is 29.3 Å². The van der Waals surface area contributed by atoms with Crippen LogP contribution in [0.15, 0.2) is 30.3 Å². The summed E-state index contributed by atoms with van der Waals surface area (Å²) < 4.78 is 15.2. The summed E-state index contributed by atoms with van der Waals surface area (Å²) in [6, 6.07) is 7.86. The molecule has 6 nitrogen and oxygen atoms in total. The van der Waals surface area contributed by atoms with Crippen molar-refractivity contribution in [1.29, 1.82) is 0 Å². The summed E-state index contributed by atoms with van der Waals surface area (Å²) in [4.78, 5) is 24.4. The molecule has 2 aromatic rings. The highest BCUT2D eigenvalue weighted by Gasteiger charge is 2.19. The Balaban J connectivity index is 2.29. The van der Waals surface area contributed by atoms with Gasteiger partial charge in [-0.05, 0) is 17.7 Å². The molecule has 138 valence electrons. The van der Waals surface area contributed by atoms with Crippen LogP contribution in [0.2, 0.25) is 10.0 Å². The van der Waals surface area contributed by atoms with E-state index in [-0.39, 0.29) is 23.6 Å². The van der Waals surface area contributed by atoms with E-state index in [0.29, 0.717) is 27.1 Å². The second-order valence-corrected chi connectivity index (χ2v) is 6.03. The maximum Gasteiger partial charge on any atom is 0.340 e. The molecule has 0 aliphatic heterocycles. The van der Waals surface area contributed by atoms with Gasteiger partial charge in [0, 0.05) is 12.1 Å². The summed E-state index contributed by atoms with van der Waals surface area (Å²) in [6.45, 7) is 0. The van der Waals surface area contributed by atoms with Gasteiger partial charge < -0.3 is 19.5 Å². The molecule has 2 aromatic carbocycles. The van der Waals surface area contributed by atoms with Crippen LogP contribution < -0.4 is 14.8 Å². The van der Waals surface area contributed by atoms with Crippen molar-refractivity contribution in [3.63, 3.8) is 0 Å². The van der Waals surface area contributed by atoms with Crippen molar-refractivity contribution >= 4 is 40.8 Å². The molecular formula is C18H17Cl2NO5. The van der Waals surface area contributed by atoms with Gasteiger partial charge in [-0.3, -0.25) is 4.79 Å². The van der Waals surface area contributed by atoms with Crippen LogP contribution in [0.3, 0.4) is 0 Å². The van der Waals surface area contributed by atoms with Gasteiger partial charge in [0.15, 0.2) is 11.5 Å². The molecule has 1 N–H and O–H groups in total. The molecule has 0 aromatic heterocycles. The van der Waals surface area contributed by atoms with Crippen LogP contribution in [-0.2, 0) is 16.0 Å². The first kappa shape index (κ1) is 19.9. The Morgan fingerprint density at radius 2 is 1.62 bits per heavy atom. The van der Waals surface area contributed by atoms with E-state index in [0.717, 1.165) is 0 Å². The van der Waals surface area contributed by atoms with Crippen LogP contribution >= 0.6 is 23.2 Å². The predicted molar refractivity (Wildman–Crippen MR) is 99.7 cm³/mol. The number of esters is 1. The van der Waals surface area contributed by atoms with Crippen LogP contribution in [0.1, 0.15) is 15.9 Å². The molecule has 0 fully saturated rings. The molecular weight excluding hydrogens is 381 g/mol. The van der Waals surface area contributed by atoms with Gasteiger partial charge in [-0.2, -0.15) is 0 Å². The van der Waals surface area contributed by atoms with Gasteiger partial charge in [-0.15, -0.1) is 0 Å². The number of carbonyl (C=O) groups excluding carboxylic acids is 2. The largest absolute Gasteiger partial charge is 0.493 e. The lowest BCUT2D eigenvalue weighted by molar-refractivity contribution is -0.115. The minimum Gasteiger partial charge on any atom is -0.493 e. The molecule has 0 saturated heterocycles. The normalized spacial score (nSPS) is 10.2. The highest BCUT2D eigenvalue weighted by atomic mass is 35.5. The zero-order valence-electron chi connectivity index (χ0n) is 14.4. The fraction of sp³-hybridized carbons (Fsp3) is 0.222. The number of rotatable bonds is 6. The topological polar surface area (TPSA) is 73.9 Å². The number of nitrogens with one attached hydrogen (secondary N) is 1. The minimum atomic E-state index is -0.615. The smallest absolute Gasteiger partial charge is 0.340 e. The van der Waals surface area contributed by atoms with Crippen molar-refractivity contribution in [3.8, 4) is 11.5 Å². The lowest BCUT2D eigenvalue weighted by atomic mass is 10.1. The van der Waals surface area contributed by atoms with Crippen molar-refractivity contribution in [2.45, 2.75) is 6.42 Å². The zero-order valence-corrected chi connectivity index (χ0v) is 15.9. The maximum absolute atomic E-state index is 12.4. The molecule has 0 bridgehead atoms. The van der Waals surface area contributed by atoms with E-state index in [1.54, 1.807) is 18.2 Å². The average Bonchev–Trinajstić information content (AvgIpc) is 2.63. The summed E-state index contributed by atoms with van der Waals surface area (Å²) in [5.41, 5.74) is 1.07. The number of hydrogen-bond donors (Lipinski definition) is 1. The van der Waals surface area contributed by atoms with Crippen molar-refractivity contribution in [1.82, 2.24) is 0 Å². The molecule has 0 radical (unpaired) electrons. The first-order valence-corrected chi connectivity index (χ1v) is 8.23. The molecule has 0 heterocycles. The van der Waals surface area contributed by atoms with Gasteiger partial charge in [-0.25, -0.2) is 4.79 Å². The molecule has 0 aliphatic rings. The molecule has 26 heavy (non-hydrogen) atoms. The number of ether oxygens (including phenoxy) is 3. The summed E-state index contributed by atoms with van der Waals surface area (Å²) in [7, 11) is 4.15. The van der Waals surface area contributed by atoms with Gasteiger partial charge in [0.1, 0.15) is 0 Å². The Morgan fingerprint density at radius 3 is 2.19 bits per heavy atom. The highest BCUT2D eigenvalue weighted by Crippen LogP contribution is 2.34. The van der Waals surface area contributed by atoms with Gasteiger partial charge in [0.25, 0.3) is 0 Å². The lowest BCUT2D eigenvalue weighted by Crippen LogP contribution is -2.17. The van der Waals surface area contributed by atoms with Crippen LogP contribution in [-0.4, -0.2) is 33.2 Å². The number of methoxy groups -OCH3 is 3. The maximum atomic E-state index is 12.4. The summed E-state index contributed by atoms with van der Waals surface area (Å²) in [5, 5.41) is 3.45. The third kappa shape index (κ3) is 4.59. The van der Waals surface area contributed by atoms with Crippen LogP contribution in [0.4, 0.5) is 5.69 Å². The van der Waals surface area contributed by atoms with E-state index in [9.17, 15) is 9.59 Å². The summed E-state index contributed by atoms with van der Waals surface area (Å²) in [6.07, 6.45) is 0.0475. The predicted octanol–water partition coefficient (Wildman–Crippen LogP) is 3.98. The van der Waals surface area contributed by atoms with Crippen molar-refractivity contribution in [3.05, 3.63) is 51.5 Å². The highest BCUT2D eigenvalue weighted by molar-refractivity contribution is 6.42. The average molecular weight is 398 g/mol. The third-order valence-electron chi connectivity index (χ3n) is 3.55. The second-order valence-electron chi connectivity index (χ2n) is 5.22. The Hall–Kier alpha value is -2.44. The number of anilines is 1. The standard InChI is InChI=1S/C18H17Cl2NO5/c1-24-15-8-11(18(23)26-3)14(9-16(15)25-2)21-17(22)7-10-4-5-12(19)13(20)6-10/h4-6,8-9H,7H2,1-3H3,(H,21,22). The molecule has 8 heteroatoms. The van der Waals surface area contributed by atoms with E-state index in [1.165, 1.54) is 33.5 Å². The lowest BCUT2D eigenvalue weighted by Gasteiger charge is -2.14. The van der Waals surface area contributed by atoms with E-state index in [1.807, 2.05) is 0 Å². The van der Waals surface area contributed by atoms with Gasteiger partial charge in [0.05, 0.1) is 49.0 Å². The Morgan fingerprint density at radius 1 is 0.962 bits per heavy atom. The number of benzene rings is 2. The van der Waals surface area contributed by atoms with Crippen LogP contribution in [0.25, 0.3) is 0 Å². The van der Waals surface area contributed by atoms with Gasteiger partial charge >= 0.3 is 5.97 Å². The third-order valence-corrected chi connectivity index (χ3v) is 4.29. The molecule has 0 aliphatic carbocycles. The van der Waals surface area contributed by atoms with Crippen LogP contribution in [0, 0.1) is 0 Å². The number of carbonyl (C=O) groups is 2. The summed E-state index contributed by atoms with van der Waals surface area (Å²) in [5.74, 6) is -0.253. The molecule has 0 unspecified atom stereocenters. The minimum absolute atomic E-state index is 0.0475. The quantitative estimate of drug-likeness (QED) is 0.746.